The molecular formula is C54H53IrN3OSi-2. The summed E-state index contributed by atoms with van der Waals surface area (Å²) in [5.41, 5.74) is 10.6. The molecule has 0 fully saturated rings. The maximum atomic E-state index is 8.74. The van der Waals surface area contributed by atoms with Gasteiger partial charge in [-0.25, -0.2) is 0 Å². The molecule has 0 aliphatic carbocycles. The molecule has 0 N–H and O–H groups in total. The summed E-state index contributed by atoms with van der Waals surface area (Å²) >= 11 is 0. The van der Waals surface area contributed by atoms with E-state index in [1.807, 2.05) is 101 Å². The number of aryl methyl sites for hydroxylation is 1. The summed E-state index contributed by atoms with van der Waals surface area (Å²) in [6.07, 6.45) is 0.332. The number of hydrogen-bond acceptors (Lipinski definition) is 3. The molecule has 6 heteroatoms. The van der Waals surface area contributed by atoms with E-state index in [1.165, 1.54) is 11.1 Å². The van der Waals surface area contributed by atoms with Crippen LogP contribution < -0.4 is 5.19 Å². The molecule has 3 aromatic heterocycles. The van der Waals surface area contributed by atoms with Crippen LogP contribution in [0.3, 0.4) is 0 Å². The van der Waals surface area contributed by atoms with E-state index in [0.29, 0.717) is 22.4 Å². The van der Waals surface area contributed by atoms with Crippen LogP contribution in [0.25, 0.3) is 72.4 Å². The Bertz CT molecular complexity index is 3120. The Morgan fingerprint density at radius 1 is 0.817 bits per heavy atom. The standard InChI is InChI=1S/C31H19N2O.C23H34NSi.Ir/c1-2-9-21(10-3-1)22-17-19-23(20-18-22)33-28-15-6-5-14-27(28)32-31(33)26-13-8-12-25-24-11-4-7-16-29(24)34-30(25)26;1-16(2)12-19-14-21(24-15-22(19)25(7,8)9)18-11-10-17(3)20(13-18)23(4,5)6;/h1-12,14-20H;10,13-16H,12H2,1-9H3;/q2*-1;/i;3D3,12D2;. The fraction of sp³-hybridized carbons (Fsp3) is 0.222. The molecule has 0 saturated carbocycles. The predicted octanol–water partition coefficient (Wildman–Crippen LogP) is 14.0. The number of para-hydroxylation sites is 3. The van der Waals surface area contributed by atoms with Crippen molar-refractivity contribution in [3.8, 4) is 39.5 Å². The largest absolute Gasteiger partial charge is 0.501 e. The van der Waals surface area contributed by atoms with Crippen LogP contribution in [0, 0.1) is 24.9 Å². The number of hydrogen-bond donors (Lipinski definition) is 0. The minimum absolute atomic E-state index is 0. The minimum atomic E-state index is -2.22. The second-order valence-electron chi connectivity index (χ2n) is 17.5. The second kappa shape index (κ2) is 17.3. The maximum absolute atomic E-state index is 8.74. The van der Waals surface area contributed by atoms with Gasteiger partial charge in [-0.1, -0.05) is 156 Å². The normalized spacial score (nSPS) is 13.5. The average Bonchev–Trinajstić information content (AvgIpc) is 3.85. The van der Waals surface area contributed by atoms with Crippen LogP contribution in [0.2, 0.25) is 19.6 Å². The zero-order chi connectivity index (χ0) is 45.8. The average molecular weight is 985 g/mol. The van der Waals surface area contributed by atoms with Crippen LogP contribution in [0.1, 0.15) is 58.2 Å². The van der Waals surface area contributed by atoms with Gasteiger partial charge in [0.15, 0.2) is 0 Å². The van der Waals surface area contributed by atoms with E-state index in [0.717, 1.165) is 60.8 Å². The Morgan fingerprint density at radius 2 is 1.52 bits per heavy atom. The molecular weight excluding hydrogens is 927 g/mol. The van der Waals surface area contributed by atoms with Crippen molar-refractivity contribution in [3.63, 3.8) is 0 Å². The topological polar surface area (TPSA) is 43.9 Å². The first-order chi connectivity index (χ1) is 30.2. The molecule has 60 heavy (non-hydrogen) atoms. The molecule has 0 aliphatic heterocycles. The zero-order valence-electron chi connectivity index (χ0n) is 40.4. The summed E-state index contributed by atoms with van der Waals surface area (Å²) in [4.78, 5) is 9.69. The van der Waals surface area contributed by atoms with Crippen LogP contribution >= 0.6 is 0 Å². The summed E-state index contributed by atoms with van der Waals surface area (Å²) < 4.78 is 49.6. The first kappa shape index (κ1) is 36.5. The van der Waals surface area contributed by atoms with Crippen molar-refractivity contribution in [1.82, 2.24) is 14.5 Å². The van der Waals surface area contributed by atoms with Crippen molar-refractivity contribution in [2.24, 2.45) is 5.92 Å². The van der Waals surface area contributed by atoms with E-state index in [1.54, 1.807) is 6.07 Å². The summed E-state index contributed by atoms with van der Waals surface area (Å²) in [6, 6.07) is 51.2. The van der Waals surface area contributed by atoms with Crippen molar-refractivity contribution in [3.05, 3.63) is 168 Å². The van der Waals surface area contributed by atoms with E-state index in [4.69, 9.17) is 16.3 Å². The molecule has 6 aromatic carbocycles. The Kier molecular flexibility index (Phi) is 10.5. The number of rotatable bonds is 7. The van der Waals surface area contributed by atoms with Gasteiger partial charge in [0.1, 0.15) is 5.58 Å². The number of pyridine rings is 1. The number of benzene rings is 6. The summed E-state index contributed by atoms with van der Waals surface area (Å²) in [6.45, 7) is 14.1. The van der Waals surface area contributed by atoms with Crippen molar-refractivity contribution in [2.45, 2.75) is 72.9 Å². The summed E-state index contributed by atoms with van der Waals surface area (Å²) in [5, 5.41) is 3.19. The minimum Gasteiger partial charge on any atom is -0.501 e. The monoisotopic (exact) mass is 985 g/mol. The smallest absolute Gasteiger partial charge is 0.120 e. The Hall–Kier alpha value is -5.39. The van der Waals surface area contributed by atoms with E-state index in [9.17, 15) is 0 Å². The number of nitrogens with zero attached hydrogens (tertiary/aromatic N) is 3. The van der Waals surface area contributed by atoms with Gasteiger partial charge in [-0.3, -0.25) is 4.98 Å². The van der Waals surface area contributed by atoms with E-state index in [-0.39, 0.29) is 31.4 Å². The van der Waals surface area contributed by atoms with Crippen LogP contribution in [-0.2, 0) is 31.9 Å². The Labute approximate surface area is 377 Å². The van der Waals surface area contributed by atoms with Crippen molar-refractivity contribution in [2.75, 3.05) is 0 Å². The van der Waals surface area contributed by atoms with Gasteiger partial charge in [0.25, 0.3) is 0 Å². The number of furan rings is 1. The fourth-order valence-corrected chi connectivity index (χ4v) is 9.04. The molecule has 305 valence electrons. The van der Waals surface area contributed by atoms with Gasteiger partial charge in [0.2, 0.25) is 0 Å². The van der Waals surface area contributed by atoms with E-state index >= 15 is 0 Å². The first-order valence-electron chi connectivity index (χ1n) is 22.8. The fourth-order valence-electron chi connectivity index (χ4n) is 7.64. The van der Waals surface area contributed by atoms with Gasteiger partial charge in [-0.05, 0) is 70.0 Å². The maximum Gasteiger partial charge on any atom is 0.120 e. The van der Waals surface area contributed by atoms with Gasteiger partial charge in [0.05, 0.1) is 30.5 Å². The molecule has 0 saturated heterocycles. The number of fused-ring (bicyclic) bond motifs is 4. The van der Waals surface area contributed by atoms with E-state index in [2.05, 4.69) is 108 Å². The first-order valence-corrected chi connectivity index (χ1v) is 23.8. The molecule has 4 nitrogen and oxygen atoms in total. The third-order valence-electron chi connectivity index (χ3n) is 10.5. The number of aromatic nitrogens is 3. The molecule has 0 bridgehead atoms. The summed E-state index contributed by atoms with van der Waals surface area (Å²) in [7, 11) is -1.82. The molecule has 9 rings (SSSR count). The third-order valence-corrected chi connectivity index (χ3v) is 12.6. The molecule has 0 atom stereocenters. The molecule has 3 heterocycles. The van der Waals surface area contributed by atoms with Gasteiger partial charge in [-0.2, -0.15) is 0 Å². The second-order valence-corrected chi connectivity index (χ2v) is 22.5. The van der Waals surface area contributed by atoms with Gasteiger partial charge in [-0.15, -0.1) is 53.1 Å². The summed E-state index contributed by atoms with van der Waals surface area (Å²) in [5.74, 6) is 0.633. The Morgan fingerprint density at radius 3 is 2.23 bits per heavy atom. The molecule has 0 aliphatic rings. The van der Waals surface area contributed by atoms with Gasteiger partial charge >= 0.3 is 0 Å². The molecule has 9 aromatic rings. The predicted molar refractivity (Wildman–Crippen MR) is 252 cm³/mol. The van der Waals surface area contributed by atoms with Crippen molar-refractivity contribution < 1.29 is 31.4 Å². The quantitative estimate of drug-likeness (QED) is 0.118. The van der Waals surface area contributed by atoms with Crippen LogP contribution in [0.5, 0.6) is 0 Å². The number of imidazole rings is 1. The van der Waals surface area contributed by atoms with Crippen molar-refractivity contribution in [1.29, 1.82) is 0 Å². The molecule has 0 amide bonds. The molecule has 0 spiro atoms. The Balaban J connectivity index is 0.000000193. The third kappa shape index (κ3) is 8.74. The van der Waals surface area contributed by atoms with Crippen LogP contribution in [-0.4, -0.2) is 22.6 Å². The zero-order valence-corrected chi connectivity index (χ0v) is 38.8. The molecule has 0 unspecified atom stereocenters. The van der Waals surface area contributed by atoms with Gasteiger partial charge < -0.3 is 14.0 Å². The van der Waals surface area contributed by atoms with Crippen molar-refractivity contribution >= 4 is 46.2 Å². The molecule has 1 radical (unpaired) electrons. The van der Waals surface area contributed by atoms with Crippen LogP contribution in [0.15, 0.2) is 144 Å². The van der Waals surface area contributed by atoms with E-state index < -0.39 is 21.3 Å². The SMILES string of the molecule is [2H]C([2H])([2H])c1c[c-]c(-c2cc(C([2H])([2H])C(C)C)c([Si](C)(C)C)cn2)cc1C(C)(C)C.[Ir].[c-]1ccc2c(oc3ccccc32)c1-c1nc2ccccc2n1-c1ccc(-c2ccccc2)cc1. The van der Waals surface area contributed by atoms with Crippen LogP contribution in [0.4, 0.5) is 0 Å². The van der Waals surface area contributed by atoms with Gasteiger partial charge in [0, 0.05) is 44.2 Å².